The molecule has 0 aliphatic carbocycles. The number of benzene rings is 1. The minimum absolute atomic E-state index is 0.125. The van der Waals surface area contributed by atoms with E-state index in [4.69, 9.17) is 11.6 Å². The Hall–Kier alpha value is -1.02. The Morgan fingerprint density at radius 1 is 1.29 bits per heavy atom. The molecule has 0 aromatic heterocycles. The van der Waals surface area contributed by atoms with Crippen LogP contribution in [0.1, 0.15) is 37.8 Å². The normalized spacial score (nSPS) is 12.2. The summed E-state index contributed by atoms with van der Waals surface area (Å²) >= 11 is 5.60. The van der Waals surface area contributed by atoms with E-state index in [1.165, 1.54) is 5.56 Å². The van der Waals surface area contributed by atoms with E-state index in [0.29, 0.717) is 12.3 Å². The average Bonchev–Trinajstić information content (AvgIpc) is 2.38. The molecule has 1 atom stereocenters. The van der Waals surface area contributed by atoms with Crippen molar-refractivity contribution in [2.45, 2.75) is 32.2 Å². The number of amides is 1. The summed E-state index contributed by atoms with van der Waals surface area (Å²) in [7, 11) is 1.86. The maximum Gasteiger partial charge on any atom is 0.222 e. The molecule has 94 valence electrons. The van der Waals surface area contributed by atoms with E-state index in [1.54, 1.807) is 0 Å². The Morgan fingerprint density at radius 3 is 2.53 bits per heavy atom. The van der Waals surface area contributed by atoms with Gasteiger partial charge in [0.2, 0.25) is 5.91 Å². The summed E-state index contributed by atoms with van der Waals surface area (Å²) in [4.78, 5) is 13.7. The predicted molar refractivity (Wildman–Crippen MR) is 72.2 cm³/mol. The van der Waals surface area contributed by atoms with Crippen LogP contribution in [0.4, 0.5) is 0 Å². The molecule has 1 amide bonds. The van der Waals surface area contributed by atoms with Crippen LogP contribution in [0, 0.1) is 0 Å². The molecule has 0 saturated carbocycles. The van der Waals surface area contributed by atoms with E-state index in [2.05, 4.69) is 6.92 Å². The van der Waals surface area contributed by atoms with Gasteiger partial charge in [0.15, 0.2) is 0 Å². The highest BCUT2D eigenvalue weighted by atomic mass is 35.5. The minimum Gasteiger partial charge on any atom is -0.339 e. The zero-order chi connectivity index (χ0) is 12.7. The Kier molecular flexibility index (Phi) is 6.06. The van der Waals surface area contributed by atoms with Crippen LogP contribution in [0.2, 0.25) is 0 Å². The van der Waals surface area contributed by atoms with Gasteiger partial charge < -0.3 is 4.90 Å². The van der Waals surface area contributed by atoms with E-state index in [-0.39, 0.29) is 11.9 Å². The lowest BCUT2D eigenvalue weighted by Crippen LogP contribution is -2.29. The number of rotatable bonds is 6. The summed E-state index contributed by atoms with van der Waals surface area (Å²) < 4.78 is 0. The van der Waals surface area contributed by atoms with Gasteiger partial charge in [-0.25, -0.2) is 0 Å². The summed E-state index contributed by atoms with van der Waals surface area (Å²) in [5.41, 5.74) is 1.17. The second-order valence-electron chi connectivity index (χ2n) is 4.24. The highest BCUT2D eigenvalue weighted by Crippen LogP contribution is 2.19. The third-order valence-corrected chi connectivity index (χ3v) is 3.30. The van der Waals surface area contributed by atoms with Crippen LogP contribution in [0.3, 0.4) is 0 Å². The predicted octanol–water partition coefficient (Wildman–Crippen LogP) is 3.62. The second kappa shape index (κ2) is 7.33. The van der Waals surface area contributed by atoms with Crippen molar-refractivity contribution in [3.8, 4) is 0 Å². The van der Waals surface area contributed by atoms with Crippen LogP contribution in [-0.2, 0) is 4.79 Å². The fourth-order valence-electron chi connectivity index (χ4n) is 1.72. The Labute approximate surface area is 109 Å². The largest absolute Gasteiger partial charge is 0.339 e. The number of hydrogen-bond donors (Lipinski definition) is 0. The van der Waals surface area contributed by atoms with Gasteiger partial charge in [0, 0.05) is 19.3 Å². The third kappa shape index (κ3) is 4.39. The third-order valence-electron chi connectivity index (χ3n) is 3.03. The molecule has 0 spiro atoms. The molecule has 0 aliphatic heterocycles. The van der Waals surface area contributed by atoms with E-state index >= 15 is 0 Å². The van der Waals surface area contributed by atoms with Crippen LogP contribution >= 0.6 is 11.6 Å². The Morgan fingerprint density at radius 2 is 1.94 bits per heavy atom. The van der Waals surface area contributed by atoms with Gasteiger partial charge in [-0.05, 0) is 25.3 Å². The van der Waals surface area contributed by atoms with Crippen LogP contribution in [0.15, 0.2) is 30.3 Å². The van der Waals surface area contributed by atoms with Crippen molar-refractivity contribution in [3.63, 3.8) is 0 Å². The lowest BCUT2D eigenvalue weighted by molar-refractivity contribution is -0.131. The van der Waals surface area contributed by atoms with Crippen LogP contribution in [0.5, 0.6) is 0 Å². The van der Waals surface area contributed by atoms with Gasteiger partial charge in [0.05, 0.1) is 6.04 Å². The van der Waals surface area contributed by atoms with Gasteiger partial charge in [-0.3, -0.25) is 4.79 Å². The van der Waals surface area contributed by atoms with Gasteiger partial charge in [-0.2, -0.15) is 0 Å². The summed E-state index contributed by atoms with van der Waals surface area (Å²) in [5.74, 6) is 0.817. The van der Waals surface area contributed by atoms with Crippen molar-refractivity contribution >= 4 is 17.5 Å². The number of carbonyl (C=O) groups is 1. The minimum atomic E-state index is 0.125. The molecule has 1 rings (SSSR count). The van der Waals surface area contributed by atoms with Crippen molar-refractivity contribution < 1.29 is 4.79 Å². The molecular formula is C14H20ClNO. The van der Waals surface area contributed by atoms with Gasteiger partial charge in [0.1, 0.15) is 0 Å². The summed E-state index contributed by atoms with van der Waals surface area (Å²) in [6.07, 6.45) is 2.36. The zero-order valence-corrected chi connectivity index (χ0v) is 11.3. The number of hydrogen-bond acceptors (Lipinski definition) is 1. The summed E-state index contributed by atoms with van der Waals surface area (Å²) in [6.45, 7) is 2.05. The molecule has 0 heterocycles. The molecule has 0 radical (unpaired) electrons. The van der Waals surface area contributed by atoms with Crippen LogP contribution in [-0.4, -0.2) is 23.7 Å². The van der Waals surface area contributed by atoms with Gasteiger partial charge in [-0.15, -0.1) is 11.6 Å². The molecule has 1 unspecified atom stereocenters. The quantitative estimate of drug-likeness (QED) is 0.560. The average molecular weight is 254 g/mol. The molecule has 0 N–H and O–H groups in total. The molecular weight excluding hydrogens is 234 g/mol. The molecule has 3 heteroatoms. The summed E-state index contributed by atoms with van der Waals surface area (Å²) in [6, 6.07) is 10.2. The standard InChI is InChI=1S/C14H20ClNO/c1-12(13-8-4-3-5-9-13)16(2)14(17)10-6-7-11-15/h3-5,8-9,12H,6-7,10-11H2,1-2H3. The highest BCUT2D eigenvalue weighted by Gasteiger charge is 2.16. The maximum atomic E-state index is 11.9. The monoisotopic (exact) mass is 253 g/mol. The molecule has 0 bridgehead atoms. The Bertz CT molecular complexity index is 339. The van der Waals surface area contributed by atoms with Crippen molar-refractivity contribution in [1.82, 2.24) is 4.90 Å². The van der Waals surface area contributed by atoms with Gasteiger partial charge >= 0.3 is 0 Å². The van der Waals surface area contributed by atoms with E-state index in [9.17, 15) is 4.79 Å². The molecule has 2 nitrogen and oxygen atoms in total. The highest BCUT2D eigenvalue weighted by molar-refractivity contribution is 6.17. The number of halogens is 1. The first-order chi connectivity index (χ1) is 8.16. The number of nitrogens with zero attached hydrogens (tertiary/aromatic N) is 1. The van der Waals surface area contributed by atoms with E-state index in [1.807, 2.05) is 42.3 Å². The van der Waals surface area contributed by atoms with E-state index in [0.717, 1.165) is 12.8 Å². The van der Waals surface area contributed by atoms with Crippen LogP contribution in [0.25, 0.3) is 0 Å². The summed E-state index contributed by atoms with van der Waals surface area (Å²) in [5, 5.41) is 0. The number of unbranched alkanes of at least 4 members (excludes halogenated alkanes) is 1. The maximum absolute atomic E-state index is 11.9. The zero-order valence-electron chi connectivity index (χ0n) is 10.5. The van der Waals surface area contributed by atoms with Crippen molar-refractivity contribution in [3.05, 3.63) is 35.9 Å². The second-order valence-corrected chi connectivity index (χ2v) is 4.62. The van der Waals surface area contributed by atoms with E-state index < -0.39 is 0 Å². The van der Waals surface area contributed by atoms with Gasteiger partial charge in [-0.1, -0.05) is 30.3 Å². The molecule has 1 aromatic carbocycles. The van der Waals surface area contributed by atoms with Crippen molar-refractivity contribution in [1.29, 1.82) is 0 Å². The Balaban J connectivity index is 2.51. The molecule has 0 aliphatic rings. The fourth-order valence-corrected chi connectivity index (χ4v) is 1.91. The molecule has 0 saturated heterocycles. The van der Waals surface area contributed by atoms with Crippen LogP contribution < -0.4 is 0 Å². The smallest absolute Gasteiger partial charge is 0.222 e. The lowest BCUT2D eigenvalue weighted by Gasteiger charge is -2.25. The SMILES string of the molecule is CC(c1ccccc1)N(C)C(=O)CCCCCl. The first-order valence-corrected chi connectivity index (χ1v) is 6.57. The first kappa shape index (κ1) is 14.0. The first-order valence-electron chi connectivity index (χ1n) is 6.03. The molecule has 1 aromatic rings. The molecule has 0 fully saturated rings. The van der Waals surface area contributed by atoms with Crippen molar-refractivity contribution in [2.75, 3.05) is 12.9 Å². The van der Waals surface area contributed by atoms with Crippen molar-refractivity contribution in [2.24, 2.45) is 0 Å². The number of alkyl halides is 1. The fraction of sp³-hybridized carbons (Fsp3) is 0.500. The molecule has 17 heavy (non-hydrogen) atoms. The van der Waals surface area contributed by atoms with Gasteiger partial charge in [0.25, 0.3) is 0 Å². The topological polar surface area (TPSA) is 20.3 Å². The number of carbonyl (C=O) groups excluding carboxylic acids is 1. The lowest BCUT2D eigenvalue weighted by atomic mass is 10.1.